The standard InChI is InChI=1S/C11H22OS/c1-4-11(12)6-5-8-13-9-7-10(2)3/h10H,4-9H2,1-3H3. The summed E-state index contributed by atoms with van der Waals surface area (Å²) in [6.07, 6.45) is 3.85. The molecule has 0 heterocycles. The zero-order chi connectivity index (χ0) is 10.1. The fourth-order valence-electron chi connectivity index (χ4n) is 0.969. The average molecular weight is 202 g/mol. The molecule has 13 heavy (non-hydrogen) atoms. The van der Waals surface area contributed by atoms with Crippen LogP contribution < -0.4 is 0 Å². The summed E-state index contributed by atoms with van der Waals surface area (Å²) in [6.45, 7) is 6.44. The van der Waals surface area contributed by atoms with Crippen LogP contribution in [-0.2, 0) is 4.79 Å². The molecule has 0 radical (unpaired) electrons. The van der Waals surface area contributed by atoms with E-state index in [1.165, 1.54) is 12.2 Å². The fourth-order valence-corrected chi connectivity index (χ4v) is 2.16. The zero-order valence-corrected chi connectivity index (χ0v) is 9.95. The molecule has 0 saturated carbocycles. The Labute approximate surface area is 86.7 Å². The van der Waals surface area contributed by atoms with E-state index in [9.17, 15) is 4.79 Å². The molecule has 0 aliphatic carbocycles. The number of thioether (sulfide) groups is 1. The number of carbonyl (C=O) groups excluding carboxylic acids is 1. The van der Waals surface area contributed by atoms with Crippen LogP contribution >= 0.6 is 11.8 Å². The molecule has 0 bridgehead atoms. The lowest BCUT2D eigenvalue weighted by Crippen LogP contribution is -1.96. The highest BCUT2D eigenvalue weighted by atomic mass is 32.2. The van der Waals surface area contributed by atoms with Gasteiger partial charge in [0.1, 0.15) is 5.78 Å². The van der Waals surface area contributed by atoms with Crippen molar-refractivity contribution in [3.63, 3.8) is 0 Å². The first kappa shape index (κ1) is 13.0. The Morgan fingerprint density at radius 1 is 1.31 bits per heavy atom. The van der Waals surface area contributed by atoms with E-state index in [4.69, 9.17) is 0 Å². The van der Waals surface area contributed by atoms with Crippen LogP contribution in [0.5, 0.6) is 0 Å². The molecule has 0 amide bonds. The quantitative estimate of drug-likeness (QED) is 0.560. The van der Waals surface area contributed by atoms with E-state index in [-0.39, 0.29) is 0 Å². The SMILES string of the molecule is CCC(=O)CCCSCCC(C)C. The van der Waals surface area contributed by atoms with Gasteiger partial charge in [-0.1, -0.05) is 20.8 Å². The summed E-state index contributed by atoms with van der Waals surface area (Å²) in [4.78, 5) is 10.9. The third kappa shape index (κ3) is 9.94. The van der Waals surface area contributed by atoms with Crippen molar-refractivity contribution < 1.29 is 4.79 Å². The van der Waals surface area contributed by atoms with E-state index in [0.717, 1.165) is 24.5 Å². The van der Waals surface area contributed by atoms with Gasteiger partial charge in [0.05, 0.1) is 0 Å². The molecule has 0 aromatic carbocycles. The average Bonchev–Trinajstić information content (AvgIpc) is 2.10. The molecule has 0 aromatic heterocycles. The number of ketones is 1. The topological polar surface area (TPSA) is 17.1 Å². The number of Topliss-reactive ketones (excluding diaryl/α,β-unsaturated/α-hetero) is 1. The van der Waals surface area contributed by atoms with Crippen LogP contribution in [0.15, 0.2) is 0 Å². The zero-order valence-electron chi connectivity index (χ0n) is 9.14. The Balaban J connectivity index is 3.04. The fraction of sp³-hybridized carbons (Fsp3) is 0.909. The highest BCUT2D eigenvalue weighted by Gasteiger charge is 1.98. The molecule has 0 aliphatic heterocycles. The summed E-state index contributed by atoms with van der Waals surface area (Å²) < 4.78 is 0. The van der Waals surface area contributed by atoms with Crippen molar-refractivity contribution in [1.82, 2.24) is 0 Å². The Bertz CT molecular complexity index is 132. The van der Waals surface area contributed by atoms with E-state index in [0.29, 0.717) is 12.2 Å². The van der Waals surface area contributed by atoms with Gasteiger partial charge in [-0.15, -0.1) is 0 Å². The maximum Gasteiger partial charge on any atom is 0.132 e. The minimum atomic E-state index is 0.407. The lowest BCUT2D eigenvalue weighted by Gasteiger charge is -2.03. The minimum Gasteiger partial charge on any atom is -0.300 e. The van der Waals surface area contributed by atoms with Crippen molar-refractivity contribution in [2.75, 3.05) is 11.5 Å². The summed E-state index contributed by atoms with van der Waals surface area (Å²) in [5.41, 5.74) is 0. The number of hydrogen-bond donors (Lipinski definition) is 0. The van der Waals surface area contributed by atoms with Gasteiger partial charge in [-0.3, -0.25) is 4.79 Å². The molecule has 0 atom stereocenters. The van der Waals surface area contributed by atoms with Crippen LogP contribution in [0.3, 0.4) is 0 Å². The Hall–Kier alpha value is 0.0200. The highest BCUT2D eigenvalue weighted by molar-refractivity contribution is 7.99. The normalized spacial score (nSPS) is 10.8. The Morgan fingerprint density at radius 3 is 2.54 bits per heavy atom. The van der Waals surface area contributed by atoms with E-state index in [1.807, 2.05) is 18.7 Å². The maximum absolute atomic E-state index is 10.9. The Morgan fingerprint density at radius 2 is 2.00 bits per heavy atom. The van der Waals surface area contributed by atoms with Gasteiger partial charge in [-0.2, -0.15) is 11.8 Å². The van der Waals surface area contributed by atoms with Crippen LogP contribution in [0.2, 0.25) is 0 Å². The molecule has 1 nitrogen and oxygen atoms in total. The number of hydrogen-bond acceptors (Lipinski definition) is 2. The van der Waals surface area contributed by atoms with E-state index < -0.39 is 0 Å². The molecule has 2 heteroatoms. The highest BCUT2D eigenvalue weighted by Crippen LogP contribution is 2.10. The van der Waals surface area contributed by atoms with Crippen LogP contribution in [0.25, 0.3) is 0 Å². The van der Waals surface area contributed by atoms with Crippen LogP contribution in [0.1, 0.15) is 46.5 Å². The first-order valence-electron chi connectivity index (χ1n) is 5.26. The smallest absolute Gasteiger partial charge is 0.132 e. The van der Waals surface area contributed by atoms with Gasteiger partial charge in [0, 0.05) is 12.8 Å². The molecule has 0 N–H and O–H groups in total. The van der Waals surface area contributed by atoms with Gasteiger partial charge in [0.15, 0.2) is 0 Å². The minimum absolute atomic E-state index is 0.407. The Kier molecular flexibility index (Phi) is 8.62. The second kappa shape index (κ2) is 8.61. The molecule has 0 rings (SSSR count). The van der Waals surface area contributed by atoms with Crippen LogP contribution in [-0.4, -0.2) is 17.3 Å². The van der Waals surface area contributed by atoms with Crippen LogP contribution in [0, 0.1) is 5.92 Å². The van der Waals surface area contributed by atoms with Gasteiger partial charge < -0.3 is 0 Å². The molecule has 0 unspecified atom stereocenters. The van der Waals surface area contributed by atoms with Crippen molar-refractivity contribution in [2.45, 2.75) is 46.5 Å². The van der Waals surface area contributed by atoms with E-state index in [1.54, 1.807) is 0 Å². The molecule has 0 saturated heterocycles. The first-order valence-corrected chi connectivity index (χ1v) is 6.41. The second-order valence-electron chi connectivity index (χ2n) is 3.79. The molecule has 0 aliphatic rings. The summed E-state index contributed by atoms with van der Waals surface area (Å²) >= 11 is 1.98. The summed E-state index contributed by atoms with van der Waals surface area (Å²) in [5.74, 6) is 3.62. The van der Waals surface area contributed by atoms with Crippen molar-refractivity contribution >= 4 is 17.5 Å². The molecule has 78 valence electrons. The summed E-state index contributed by atoms with van der Waals surface area (Å²) in [5, 5.41) is 0. The van der Waals surface area contributed by atoms with Crippen molar-refractivity contribution in [3.8, 4) is 0 Å². The molecular weight excluding hydrogens is 180 g/mol. The van der Waals surface area contributed by atoms with Gasteiger partial charge in [-0.05, 0) is 30.3 Å². The van der Waals surface area contributed by atoms with Gasteiger partial charge in [0.2, 0.25) is 0 Å². The summed E-state index contributed by atoms with van der Waals surface area (Å²) in [7, 11) is 0. The van der Waals surface area contributed by atoms with Crippen LogP contribution in [0.4, 0.5) is 0 Å². The van der Waals surface area contributed by atoms with E-state index in [2.05, 4.69) is 13.8 Å². The van der Waals surface area contributed by atoms with Gasteiger partial charge in [0.25, 0.3) is 0 Å². The predicted molar refractivity (Wildman–Crippen MR) is 61.3 cm³/mol. The third-order valence-electron chi connectivity index (χ3n) is 1.98. The predicted octanol–water partition coefficient (Wildman–Crippen LogP) is 3.53. The maximum atomic E-state index is 10.9. The third-order valence-corrected chi connectivity index (χ3v) is 3.08. The molecule has 0 spiro atoms. The first-order chi connectivity index (χ1) is 6.16. The summed E-state index contributed by atoms with van der Waals surface area (Å²) in [6, 6.07) is 0. The lowest BCUT2D eigenvalue weighted by atomic mass is 10.2. The molecular formula is C11H22OS. The molecule has 0 fully saturated rings. The van der Waals surface area contributed by atoms with Crippen molar-refractivity contribution in [3.05, 3.63) is 0 Å². The lowest BCUT2D eigenvalue weighted by molar-refractivity contribution is -0.118. The van der Waals surface area contributed by atoms with Gasteiger partial charge in [-0.25, -0.2) is 0 Å². The number of rotatable bonds is 8. The van der Waals surface area contributed by atoms with Crippen molar-refractivity contribution in [2.24, 2.45) is 5.92 Å². The number of carbonyl (C=O) groups is 1. The molecule has 0 aromatic rings. The van der Waals surface area contributed by atoms with E-state index >= 15 is 0 Å². The van der Waals surface area contributed by atoms with Crippen molar-refractivity contribution in [1.29, 1.82) is 0 Å². The largest absolute Gasteiger partial charge is 0.300 e. The monoisotopic (exact) mass is 202 g/mol. The second-order valence-corrected chi connectivity index (χ2v) is 5.02. The van der Waals surface area contributed by atoms with Gasteiger partial charge >= 0.3 is 0 Å².